The number of carbonyl (C=O) groups excluding carboxylic acids is 1. The molecule has 0 radical (unpaired) electrons. The molecule has 0 bridgehead atoms. The van der Waals surface area contributed by atoms with Crippen LogP contribution in [-0.4, -0.2) is 57.2 Å². The maximum absolute atomic E-state index is 12.9. The third kappa shape index (κ3) is 5.29. The van der Waals surface area contributed by atoms with Crippen LogP contribution in [0, 0.1) is 12.8 Å². The first kappa shape index (κ1) is 23.6. The Morgan fingerprint density at radius 3 is 2.45 bits per heavy atom. The normalized spacial score (nSPS) is 19.4. The summed E-state index contributed by atoms with van der Waals surface area (Å²) in [5.41, 5.74) is 3.21. The second-order valence-electron chi connectivity index (χ2n) is 8.32. The van der Waals surface area contributed by atoms with Gasteiger partial charge < -0.3 is 10.1 Å². The van der Waals surface area contributed by atoms with Gasteiger partial charge in [-0.15, -0.1) is 0 Å². The molecule has 1 aliphatic rings. The molecule has 7 nitrogen and oxygen atoms in total. The summed E-state index contributed by atoms with van der Waals surface area (Å²) >= 11 is 0. The quantitative estimate of drug-likeness (QED) is 0.729. The van der Waals surface area contributed by atoms with Crippen LogP contribution in [-0.2, 0) is 15.0 Å². The van der Waals surface area contributed by atoms with Gasteiger partial charge in [-0.1, -0.05) is 13.8 Å². The highest BCUT2D eigenvalue weighted by molar-refractivity contribution is 7.86. The number of aryl methyl sites for hydroxylation is 1. The number of carbonyl (C=O) groups is 1. The Balaban J connectivity index is 2.15. The van der Waals surface area contributed by atoms with E-state index in [1.54, 1.807) is 7.11 Å². The van der Waals surface area contributed by atoms with Crippen LogP contribution in [0.5, 0.6) is 5.75 Å². The fourth-order valence-electron chi connectivity index (χ4n) is 3.82. The van der Waals surface area contributed by atoms with E-state index in [9.17, 15) is 13.2 Å². The first-order chi connectivity index (χ1) is 13.5. The van der Waals surface area contributed by atoms with Crippen LogP contribution in [0.1, 0.15) is 62.3 Å². The predicted molar refractivity (Wildman–Crippen MR) is 115 cm³/mol. The van der Waals surface area contributed by atoms with Gasteiger partial charge in [-0.25, -0.2) is 0 Å². The van der Waals surface area contributed by atoms with E-state index < -0.39 is 10.2 Å². The number of nitrogens with zero attached hydrogens (tertiary/aromatic N) is 2. The highest BCUT2D eigenvalue weighted by Gasteiger charge is 2.34. The summed E-state index contributed by atoms with van der Waals surface area (Å²) in [6.07, 6.45) is 1.37. The van der Waals surface area contributed by atoms with Crippen LogP contribution < -0.4 is 10.1 Å². The maximum atomic E-state index is 12.9. The number of benzene rings is 1. The van der Waals surface area contributed by atoms with Gasteiger partial charge >= 0.3 is 0 Å². The second kappa shape index (κ2) is 9.45. The smallest absolute Gasteiger partial charge is 0.281 e. The summed E-state index contributed by atoms with van der Waals surface area (Å²) in [4.78, 5) is 12.9. The van der Waals surface area contributed by atoms with E-state index in [0.29, 0.717) is 25.3 Å². The molecule has 0 saturated carbocycles. The number of piperidine rings is 1. The molecule has 1 aliphatic heterocycles. The van der Waals surface area contributed by atoms with Crippen molar-refractivity contribution in [3.05, 3.63) is 28.8 Å². The van der Waals surface area contributed by atoms with E-state index in [1.807, 2.05) is 19.9 Å². The van der Waals surface area contributed by atoms with Gasteiger partial charge in [0.2, 0.25) is 5.91 Å². The van der Waals surface area contributed by atoms with E-state index in [4.69, 9.17) is 4.74 Å². The molecule has 1 aromatic carbocycles. The number of rotatable bonds is 7. The molecule has 2 unspecified atom stereocenters. The largest absolute Gasteiger partial charge is 0.496 e. The average Bonchev–Trinajstić information content (AvgIpc) is 2.67. The summed E-state index contributed by atoms with van der Waals surface area (Å²) in [5, 5.41) is 3.10. The van der Waals surface area contributed by atoms with Crippen molar-refractivity contribution in [2.45, 2.75) is 52.5 Å². The molecule has 1 aromatic rings. The van der Waals surface area contributed by atoms with Gasteiger partial charge in [0.1, 0.15) is 5.75 Å². The molecular weight excluding hydrogens is 390 g/mol. The van der Waals surface area contributed by atoms with Crippen LogP contribution in [0.2, 0.25) is 0 Å². The van der Waals surface area contributed by atoms with Crippen molar-refractivity contribution in [2.24, 2.45) is 5.92 Å². The van der Waals surface area contributed by atoms with Crippen LogP contribution in [0.3, 0.4) is 0 Å². The second-order valence-corrected chi connectivity index (χ2v) is 10.5. The minimum atomic E-state index is -3.50. The number of amides is 1. The monoisotopic (exact) mass is 425 g/mol. The molecule has 2 rings (SSSR count). The lowest BCUT2D eigenvalue weighted by atomic mass is 9.92. The molecule has 1 N–H and O–H groups in total. The van der Waals surface area contributed by atoms with Crippen molar-refractivity contribution in [2.75, 3.05) is 34.3 Å². The Hall–Kier alpha value is -1.64. The molecular formula is C21H35N3O4S. The van der Waals surface area contributed by atoms with Gasteiger partial charge in [0, 0.05) is 27.2 Å². The fourth-order valence-corrected chi connectivity index (χ4v) is 5.01. The SMILES string of the molecule is COc1cc(C)c(C(C)NC(=O)C2CCCN(S(=O)(=O)N(C)C)C2)cc1C(C)C. The van der Waals surface area contributed by atoms with Crippen molar-refractivity contribution in [3.63, 3.8) is 0 Å². The average molecular weight is 426 g/mol. The molecule has 1 fully saturated rings. The van der Waals surface area contributed by atoms with Crippen molar-refractivity contribution in [1.82, 2.24) is 13.9 Å². The topological polar surface area (TPSA) is 79.0 Å². The number of ether oxygens (including phenoxy) is 1. The van der Waals surface area contributed by atoms with Gasteiger partial charge in [0.25, 0.3) is 10.2 Å². The highest BCUT2D eigenvalue weighted by Crippen LogP contribution is 2.32. The third-order valence-electron chi connectivity index (χ3n) is 5.61. The number of methoxy groups -OCH3 is 1. The number of hydrogen-bond acceptors (Lipinski definition) is 4. The molecule has 2 atom stereocenters. The fraction of sp³-hybridized carbons (Fsp3) is 0.667. The molecule has 8 heteroatoms. The summed E-state index contributed by atoms with van der Waals surface area (Å²) in [5.74, 6) is 0.716. The Labute approximate surface area is 175 Å². The lowest BCUT2D eigenvalue weighted by Gasteiger charge is -2.33. The third-order valence-corrected chi connectivity index (χ3v) is 7.52. The van der Waals surface area contributed by atoms with Gasteiger partial charge in [-0.3, -0.25) is 4.79 Å². The summed E-state index contributed by atoms with van der Waals surface area (Å²) in [6, 6.07) is 3.94. The Morgan fingerprint density at radius 2 is 1.90 bits per heavy atom. The first-order valence-electron chi connectivity index (χ1n) is 10.1. The molecule has 29 heavy (non-hydrogen) atoms. The van der Waals surface area contributed by atoms with E-state index in [1.165, 1.54) is 22.7 Å². The van der Waals surface area contributed by atoms with Crippen molar-refractivity contribution >= 4 is 16.1 Å². The lowest BCUT2D eigenvalue weighted by Crippen LogP contribution is -2.49. The molecule has 1 saturated heterocycles. The minimum Gasteiger partial charge on any atom is -0.496 e. The zero-order valence-electron chi connectivity index (χ0n) is 18.7. The first-order valence-corrected chi connectivity index (χ1v) is 11.5. The number of hydrogen-bond donors (Lipinski definition) is 1. The Bertz CT molecular complexity index is 837. The number of nitrogens with one attached hydrogen (secondary N) is 1. The van der Waals surface area contributed by atoms with Gasteiger partial charge in [0.15, 0.2) is 0 Å². The summed E-state index contributed by atoms with van der Waals surface area (Å²) in [6.45, 7) is 8.88. The van der Waals surface area contributed by atoms with E-state index in [-0.39, 0.29) is 24.4 Å². The molecule has 0 aliphatic carbocycles. The molecule has 1 amide bonds. The zero-order chi connectivity index (χ0) is 21.9. The van der Waals surface area contributed by atoms with Gasteiger partial charge in [0.05, 0.1) is 19.1 Å². The lowest BCUT2D eigenvalue weighted by molar-refractivity contribution is -0.126. The van der Waals surface area contributed by atoms with Crippen LogP contribution >= 0.6 is 0 Å². The van der Waals surface area contributed by atoms with Gasteiger partial charge in [-0.2, -0.15) is 17.0 Å². The van der Waals surface area contributed by atoms with Crippen LogP contribution in [0.4, 0.5) is 0 Å². The van der Waals surface area contributed by atoms with Crippen LogP contribution in [0.15, 0.2) is 12.1 Å². The summed E-state index contributed by atoms with van der Waals surface area (Å²) < 4.78 is 32.9. The highest BCUT2D eigenvalue weighted by atomic mass is 32.2. The van der Waals surface area contributed by atoms with E-state index in [2.05, 4.69) is 25.2 Å². The molecule has 1 heterocycles. The van der Waals surface area contributed by atoms with E-state index in [0.717, 1.165) is 22.4 Å². The Kier molecular flexibility index (Phi) is 7.70. The van der Waals surface area contributed by atoms with Crippen molar-refractivity contribution in [1.29, 1.82) is 0 Å². The molecule has 0 spiro atoms. The van der Waals surface area contributed by atoms with Crippen molar-refractivity contribution in [3.8, 4) is 5.75 Å². The molecule has 0 aromatic heterocycles. The summed E-state index contributed by atoms with van der Waals surface area (Å²) in [7, 11) is 1.19. The van der Waals surface area contributed by atoms with Gasteiger partial charge in [-0.05, 0) is 61.4 Å². The minimum absolute atomic E-state index is 0.0996. The standard InChI is InChI=1S/C21H35N3O4S/c1-14(2)18-12-19(15(3)11-20(18)28-7)16(4)22-21(25)17-9-8-10-24(13-17)29(26,27)23(5)6/h11-12,14,16-17H,8-10,13H2,1-7H3,(H,22,25). The zero-order valence-corrected chi connectivity index (χ0v) is 19.5. The maximum Gasteiger partial charge on any atom is 0.281 e. The predicted octanol–water partition coefficient (Wildman–Crippen LogP) is 2.82. The van der Waals surface area contributed by atoms with Crippen LogP contribution in [0.25, 0.3) is 0 Å². The van der Waals surface area contributed by atoms with E-state index >= 15 is 0 Å². The van der Waals surface area contributed by atoms with Crippen molar-refractivity contribution < 1.29 is 17.9 Å². The Morgan fingerprint density at radius 1 is 1.24 bits per heavy atom. The molecule has 164 valence electrons.